The molecule has 0 heterocycles. The van der Waals surface area contributed by atoms with Gasteiger partial charge in [0.1, 0.15) is 5.82 Å². The molecule has 0 aromatic heterocycles. The van der Waals surface area contributed by atoms with Crippen molar-refractivity contribution in [3.05, 3.63) is 34.6 Å². The van der Waals surface area contributed by atoms with E-state index in [1.807, 2.05) is 0 Å². The summed E-state index contributed by atoms with van der Waals surface area (Å²) in [7, 11) is 0. The molecule has 140 valence electrons. The van der Waals surface area contributed by atoms with E-state index in [2.05, 4.69) is 31.4 Å². The Hall–Kier alpha value is -1.13. The fraction of sp³-hybridized carbons (Fsp3) is 0.650. The van der Waals surface area contributed by atoms with Crippen LogP contribution in [0.3, 0.4) is 0 Å². The van der Waals surface area contributed by atoms with E-state index in [9.17, 15) is 9.18 Å². The maximum atomic E-state index is 13.3. The molecule has 1 amide bonds. The van der Waals surface area contributed by atoms with Crippen LogP contribution in [0, 0.1) is 11.2 Å². The van der Waals surface area contributed by atoms with Gasteiger partial charge < -0.3 is 10.6 Å². The summed E-state index contributed by atoms with van der Waals surface area (Å²) in [6, 6.07) is 5.02. The highest BCUT2D eigenvalue weighted by Gasteiger charge is 2.22. The lowest BCUT2D eigenvalue weighted by atomic mass is 9.89. The molecule has 0 unspecified atom stereocenters. The molecule has 0 bridgehead atoms. The van der Waals surface area contributed by atoms with Crippen LogP contribution >= 0.6 is 11.6 Å². The molecule has 5 heteroatoms. The minimum Gasteiger partial charge on any atom is -0.353 e. The van der Waals surface area contributed by atoms with Gasteiger partial charge in [0.05, 0.1) is 6.42 Å². The third-order valence-corrected chi connectivity index (χ3v) is 4.91. The van der Waals surface area contributed by atoms with Gasteiger partial charge in [-0.05, 0) is 67.8 Å². The third kappa shape index (κ3) is 7.74. The summed E-state index contributed by atoms with van der Waals surface area (Å²) in [5.41, 5.74) is 0.970. The summed E-state index contributed by atoms with van der Waals surface area (Å²) in [5.74, 6) is -0.469. The Morgan fingerprint density at radius 3 is 2.40 bits per heavy atom. The minimum absolute atomic E-state index is 0.0641. The van der Waals surface area contributed by atoms with Gasteiger partial charge in [-0.1, -0.05) is 32.4 Å². The van der Waals surface area contributed by atoms with Crippen LogP contribution in [0.15, 0.2) is 18.2 Å². The third-order valence-electron chi connectivity index (χ3n) is 4.69. The molecule has 25 heavy (non-hydrogen) atoms. The lowest BCUT2D eigenvalue weighted by Crippen LogP contribution is -2.43. The van der Waals surface area contributed by atoms with Crippen LogP contribution in [0.1, 0.15) is 58.4 Å². The first kappa shape index (κ1) is 20.2. The first-order valence-electron chi connectivity index (χ1n) is 9.19. The Morgan fingerprint density at radius 2 is 1.80 bits per heavy atom. The Labute approximate surface area is 155 Å². The molecule has 3 nitrogen and oxygen atoms in total. The lowest BCUT2D eigenvalue weighted by molar-refractivity contribution is -0.121. The standard InChI is InChI=1S/C20H30ClFN2O/c1-20(2,3)8-9-23-17-4-6-18(7-5-17)24-19(25)12-14-10-15(21)13-16(22)11-14/h10-11,13,17-18,23H,4-9,12H2,1-3H3,(H,24,25). The van der Waals surface area contributed by atoms with Crippen molar-refractivity contribution in [2.75, 3.05) is 6.54 Å². The summed E-state index contributed by atoms with van der Waals surface area (Å²) < 4.78 is 13.3. The van der Waals surface area contributed by atoms with Crippen molar-refractivity contribution in [1.82, 2.24) is 10.6 Å². The van der Waals surface area contributed by atoms with Crippen molar-refractivity contribution >= 4 is 17.5 Å². The molecule has 1 aliphatic rings. The smallest absolute Gasteiger partial charge is 0.224 e. The van der Waals surface area contributed by atoms with Crippen LogP contribution in [0.4, 0.5) is 4.39 Å². The quantitative estimate of drug-likeness (QED) is 0.777. The fourth-order valence-electron chi connectivity index (χ4n) is 3.27. The number of carbonyl (C=O) groups is 1. The molecule has 2 rings (SSSR count). The molecular formula is C20H30ClFN2O. The molecule has 2 N–H and O–H groups in total. The van der Waals surface area contributed by atoms with E-state index in [0.29, 0.717) is 22.0 Å². The number of rotatable bonds is 6. The van der Waals surface area contributed by atoms with Crippen LogP contribution in [-0.4, -0.2) is 24.5 Å². The van der Waals surface area contributed by atoms with Gasteiger partial charge >= 0.3 is 0 Å². The maximum Gasteiger partial charge on any atom is 0.224 e. The predicted octanol–water partition coefficient (Wildman–Crippen LogP) is 4.47. The highest BCUT2D eigenvalue weighted by atomic mass is 35.5. The normalized spacial score (nSPS) is 21.2. The van der Waals surface area contributed by atoms with Crippen molar-refractivity contribution < 1.29 is 9.18 Å². The summed E-state index contributed by atoms with van der Waals surface area (Å²) in [6.07, 6.45) is 5.48. The molecule has 0 saturated heterocycles. The van der Waals surface area contributed by atoms with Gasteiger partial charge in [-0.3, -0.25) is 4.79 Å². The summed E-state index contributed by atoms with van der Waals surface area (Å²) in [5, 5.41) is 7.03. The molecule has 0 atom stereocenters. The number of nitrogens with one attached hydrogen (secondary N) is 2. The van der Waals surface area contributed by atoms with Gasteiger partial charge in [0, 0.05) is 17.1 Å². The lowest BCUT2D eigenvalue weighted by Gasteiger charge is -2.30. The van der Waals surface area contributed by atoms with Gasteiger partial charge in [-0.25, -0.2) is 4.39 Å². The van der Waals surface area contributed by atoms with Crippen LogP contribution in [0.2, 0.25) is 5.02 Å². The number of hydrogen-bond acceptors (Lipinski definition) is 2. The van der Waals surface area contributed by atoms with Gasteiger partial charge in [-0.15, -0.1) is 0 Å². The van der Waals surface area contributed by atoms with Crippen LogP contribution in [0.25, 0.3) is 0 Å². The predicted molar refractivity (Wildman–Crippen MR) is 101 cm³/mol. The molecule has 1 saturated carbocycles. The van der Waals surface area contributed by atoms with Crippen molar-refractivity contribution in [2.24, 2.45) is 5.41 Å². The Bertz CT molecular complexity index is 557. The molecule has 0 radical (unpaired) electrons. The van der Waals surface area contributed by atoms with E-state index < -0.39 is 5.82 Å². The van der Waals surface area contributed by atoms with Crippen molar-refractivity contribution in [1.29, 1.82) is 0 Å². The largest absolute Gasteiger partial charge is 0.353 e. The van der Waals surface area contributed by atoms with Crippen LogP contribution < -0.4 is 10.6 Å². The van der Waals surface area contributed by atoms with Gasteiger partial charge in [0.25, 0.3) is 0 Å². The van der Waals surface area contributed by atoms with E-state index in [0.717, 1.165) is 32.2 Å². The van der Waals surface area contributed by atoms with Gasteiger partial charge in [0.15, 0.2) is 0 Å². The second kappa shape index (κ2) is 9.00. The zero-order chi connectivity index (χ0) is 18.4. The van der Waals surface area contributed by atoms with E-state index in [1.165, 1.54) is 18.6 Å². The average Bonchev–Trinajstić information content (AvgIpc) is 2.46. The summed E-state index contributed by atoms with van der Waals surface area (Å²) in [6.45, 7) is 7.82. The molecule has 0 spiro atoms. The Kier molecular flexibility index (Phi) is 7.26. The molecule has 1 aromatic carbocycles. The van der Waals surface area contributed by atoms with Crippen molar-refractivity contribution in [3.8, 4) is 0 Å². The zero-order valence-electron chi connectivity index (χ0n) is 15.5. The second-order valence-corrected chi connectivity index (χ2v) is 8.77. The van der Waals surface area contributed by atoms with E-state index in [1.54, 1.807) is 6.07 Å². The number of hydrogen-bond donors (Lipinski definition) is 2. The average molecular weight is 369 g/mol. The number of halogens is 2. The highest BCUT2D eigenvalue weighted by molar-refractivity contribution is 6.30. The van der Waals surface area contributed by atoms with Crippen molar-refractivity contribution in [2.45, 2.75) is 71.4 Å². The number of benzene rings is 1. The Balaban J connectivity index is 1.69. The monoisotopic (exact) mass is 368 g/mol. The topological polar surface area (TPSA) is 41.1 Å². The minimum atomic E-state index is -0.405. The molecule has 1 aliphatic carbocycles. The molecular weight excluding hydrogens is 339 g/mol. The number of amides is 1. The zero-order valence-corrected chi connectivity index (χ0v) is 16.3. The first-order valence-corrected chi connectivity index (χ1v) is 9.57. The van der Waals surface area contributed by atoms with Crippen LogP contribution in [0.5, 0.6) is 0 Å². The molecule has 1 fully saturated rings. The maximum absolute atomic E-state index is 13.3. The van der Waals surface area contributed by atoms with Gasteiger partial charge in [0.2, 0.25) is 5.91 Å². The second-order valence-electron chi connectivity index (χ2n) is 8.34. The van der Waals surface area contributed by atoms with E-state index >= 15 is 0 Å². The molecule has 1 aromatic rings. The number of carbonyl (C=O) groups excluding carboxylic acids is 1. The SMILES string of the molecule is CC(C)(C)CCNC1CCC(NC(=O)Cc2cc(F)cc(Cl)c2)CC1. The van der Waals surface area contributed by atoms with Gasteiger partial charge in [-0.2, -0.15) is 0 Å². The Morgan fingerprint density at radius 1 is 1.16 bits per heavy atom. The molecule has 0 aliphatic heterocycles. The first-order chi connectivity index (χ1) is 11.7. The fourth-order valence-corrected chi connectivity index (χ4v) is 3.51. The summed E-state index contributed by atoms with van der Waals surface area (Å²) in [4.78, 5) is 12.2. The van der Waals surface area contributed by atoms with E-state index in [4.69, 9.17) is 11.6 Å². The van der Waals surface area contributed by atoms with E-state index in [-0.39, 0.29) is 18.4 Å². The van der Waals surface area contributed by atoms with Crippen molar-refractivity contribution in [3.63, 3.8) is 0 Å². The van der Waals surface area contributed by atoms with Crippen LogP contribution in [-0.2, 0) is 11.2 Å². The summed E-state index contributed by atoms with van der Waals surface area (Å²) >= 11 is 5.83. The highest BCUT2D eigenvalue weighted by Crippen LogP contribution is 2.21.